The molecule has 5 nitrogen and oxygen atoms in total. The molecule has 2 N–H and O–H groups in total. The van der Waals surface area contributed by atoms with E-state index in [0.29, 0.717) is 17.9 Å². The van der Waals surface area contributed by atoms with Gasteiger partial charge < -0.3 is 10.3 Å². The Morgan fingerprint density at radius 2 is 1.78 bits per heavy atom. The van der Waals surface area contributed by atoms with Crippen molar-refractivity contribution in [3.8, 4) is 17.3 Å². The number of aromatic amines is 1. The molecule has 27 heavy (non-hydrogen) atoms. The van der Waals surface area contributed by atoms with Crippen molar-refractivity contribution < 1.29 is 0 Å². The normalized spacial score (nSPS) is 10.6. The number of anilines is 1. The molecule has 2 aromatic heterocycles. The predicted octanol–water partition coefficient (Wildman–Crippen LogP) is 4.70. The average molecular weight is 371 g/mol. The van der Waals surface area contributed by atoms with Gasteiger partial charge in [-0.05, 0) is 24.3 Å². The lowest BCUT2D eigenvalue weighted by Crippen LogP contribution is -2.08. The van der Waals surface area contributed by atoms with Crippen molar-refractivity contribution in [2.45, 2.75) is 5.16 Å². The highest BCUT2D eigenvalue weighted by atomic mass is 32.2. The molecular weight excluding hydrogens is 354 g/mol. The lowest BCUT2D eigenvalue weighted by atomic mass is 10.1. The highest BCUT2D eigenvalue weighted by Gasteiger charge is 2.07. The van der Waals surface area contributed by atoms with Crippen molar-refractivity contribution in [2.24, 2.45) is 0 Å². The van der Waals surface area contributed by atoms with Gasteiger partial charge in [0, 0.05) is 17.9 Å². The number of para-hydroxylation sites is 2. The van der Waals surface area contributed by atoms with Gasteiger partial charge in [-0.25, -0.2) is 9.97 Å². The van der Waals surface area contributed by atoms with Crippen LogP contribution in [0.5, 0.6) is 0 Å². The number of fused-ring (bicyclic) bond motifs is 1. The number of thioether (sulfide) groups is 1. The zero-order valence-corrected chi connectivity index (χ0v) is 15.3. The van der Waals surface area contributed by atoms with E-state index in [0.717, 1.165) is 33.2 Å². The van der Waals surface area contributed by atoms with E-state index in [9.17, 15) is 5.26 Å². The molecule has 0 bridgehead atoms. The van der Waals surface area contributed by atoms with E-state index in [1.165, 1.54) is 0 Å². The van der Waals surface area contributed by atoms with Crippen molar-refractivity contribution in [1.82, 2.24) is 15.0 Å². The van der Waals surface area contributed by atoms with E-state index in [4.69, 9.17) is 0 Å². The number of nitriles is 1. The summed E-state index contributed by atoms with van der Waals surface area (Å²) in [6, 6.07) is 23.8. The van der Waals surface area contributed by atoms with E-state index in [1.807, 2.05) is 66.7 Å². The zero-order valence-electron chi connectivity index (χ0n) is 14.5. The average Bonchev–Trinajstić information content (AvgIpc) is 3.14. The van der Waals surface area contributed by atoms with Crippen LogP contribution in [0.4, 0.5) is 5.82 Å². The Kier molecular flexibility index (Phi) is 5.04. The molecule has 0 unspecified atom stereocenters. The number of benzene rings is 2. The predicted molar refractivity (Wildman–Crippen MR) is 110 cm³/mol. The fourth-order valence-corrected chi connectivity index (χ4v) is 3.51. The summed E-state index contributed by atoms with van der Waals surface area (Å²) in [5.41, 5.74) is 4.43. The minimum absolute atomic E-state index is 0.545. The third-order valence-electron chi connectivity index (χ3n) is 4.09. The number of hydrogen-bond acceptors (Lipinski definition) is 5. The van der Waals surface area contributed by atoms with Gasteiger partial charge in [0.15, 0.2) is 5.16 Å². The number of hydrogen-bond donors (Lipinski definition) is 2. The second-order valence-corrected chi connectivity index (χ2v) is 6.99. The van der Waals surface area contributed by atoms with Gasteiger partial charge in [0.2, 0.25) is 0 Å². The fraction of sp³-hybridized carbons (Fsp3) is 0.0952. The minimum Gasteiger partial charge on any atom is -0.368 e. The third kappa shape index (κ3) is 3.94. The second-order valence-electron chi connectivity index (χ2n) is 5.90. The molecule has 0 spiro atoms. The molecule has 6 heteroatoms. The van der Waals surface area contributed by atoms with Crippen molar-refractivity contribution in [3.63, 3.8) is 0 Å². The number of H-pyrrole nitrogens is 1. The molecule has 4 rings (SSSR count). The summed E-state index contributed by atoms with van der Waals surface area (Å²) < 4.78 is 0. The van der Waals surface area contributed by atoms with Gasteiger partial charge in [-0.1, -0.05) is 54.2 Å². The molecule has 0 aliphatic carbocycles. The van der Waals surface area contributed by atoms with Gasteiger partial charge in [0.05, 0.1) is 22.3 Å². The first kappa shape index (κ1) is 17.1. The van der Waals surface area contributed by atoms with Gasteiger partial charge in [-0.3, -0.25) is 0 Å². The van der Waals surface area contributed by atoms with Crippen LogP contribution >= 0.6 is 11.8 Å². The van der Waals surface area contributed by atoms with Gasteiger partial charge in [0.25, 0.3) is 0 Å². The quantitative estimate of drug-likeness (QED) is 0.379. The summed E-state index contributed by atoms with van der Waals surface area (Å²) in [6.45, 7) is 0.682. The van der Waals surface area contributed by atoms with Crippen LogP contribution in [0.3, 0.4) is 0 Å². The smallest absolute Gasteiger partial charge is 0.166 e. The van der Waals surface area contributed by atoms with Gasteiger partial charge in [-0.2, -0.15) is 5.26 Å². The molecule has 2 aromatic carbocycles. The standard InChI is InChI=1S/C21H17N5S/c22-14-16-10-11-17(15-6-2-1-3-7-15)24-20(16)23-12-13-27-21-25-18-8-4-5-9-19(18)26-21/h1-11H,12-13H2,(H,23,24)(H,25,26). The largest absolute Gasteiger partial charge is 0.368 e. The van der Waals surface area contributed by atoms with E-state index >= 15 is 0 Å². The van der Waals surface area contributed by atoms with Crippen LogP contribution in [0.15, 0.2) is 71.9 Å². The van der Waals surface area contributed by atoms with Gasteiger partial charge in [-0.15, -0.1) is 0 Å². The molecule has 0 radical (unpaired) electrons. The maximum atomic E-state index is 9.34. The monoisotopic (exact) mass is 371 g/mol. The Hall–Kier alpha value is -3.30. The van der Waals surface area contributed by atoms with Crippen LogP contribution in [-0.2, 0) is 0 Å². The van der Waals surface area contributed by atoms with Crippen molar-refractivity contribution in [1.29, 1.82) is 5.26 Å². The van der Waals surface area contributed by atoms with Crippen LogP contribution in [0, 0.1) is 11.3 Å². The molecule has 132 valence electrons. The molecule has 0 fully saturated rings. The van der Waals surface area contributed by atoms with Crippen LogP contribution in [0.2, 0.25) is 0 Å². The molecule has 0 aliphatic rings. The number of pyridine rings is 1. The van der Waals surface area contributed by atoms with Crippen molar-refractivity contribution >= 4 is 28.6 Å². The topological polar surface area (TPSA) is 77.4 Å². The molecule has 0 saturated heterocycles. The lowest BCUT2D eigenvalue weighted by Gasteiger charge is -2.09. The van der Waals surface area contributed by atoms with E-state index < -0.39 is 0 Å². The Morgan fingerprint density at radius 1 is 0.963 bits per heavy atom. The molecule has 0 aliphatic heterocycles. The highest BCUT2D eigenvalue weighted by molar-refractivity contribution is 7.99. The van der Waals surface area contributed by atoms with E-state index in [1.54, 1.807) is 11.8 Å². The Balaban J connectivity index is 1.42. The molecule has 0 atom stereocenters. The molecular formula is C21H17N5S. The van der Waals surface area contributed by atoms with Crippen LogP contribution < -0.4 is 5.32 Å². The Labute approximate surface area is 161 Å². The first-order valence-electron chi connectivity index (χ1n) is 8.61. The van der Waals surface area contributed by atoms with Gasteiger partial charge in [0.1, 0.15) is 11.9 Å². The lowest BCUT2D eigenvalue weighted by molar-refractivity contribution is 1.07. The van der Waals surface area contributed by atoms with Crippen LogP contribution in [0.25, 0.3) is 22.3 Å². The zero-order chi connectivity index (χ0) is 18.5. The van der Waals surface area contributed by atoms with Crippen LogP contribution in [0.1, 0.15) is 5.56 Å². The molecule has 0 amide bonds. The van der Waals surface area contributed by atoms with Crippen molar-refractivity contribution in [3.05, 3.63) is 72.3 Å². The summed E-state index contributed by atoms with van der Waals surface area (Å²) in [5.74, 6) is 1.42. The summed E-state index contributed by atoms with van der Waals surface area (Å²) >= 11 is 1.64. The Bertz CT molecular complexity index is 1070. The second kappa shape index (κ2) is 7.94. The maximum Gasteiger partial charge on any atom is 0.166 e. The molecule has 4 aromatic rings. The Morgan fingerprint density at radius 3 is 2.59 bits per heavy atom. The summed E-state index contributed by atoms with van der Waals surface area (Å²) in [7, 11) is 0. The van der Waals surface area contributed by atoms with E-state index in [-0.39, 0.29) is 0 Å². The maximum absolute atomic E-state index is 9.34. The summed E-state index contributed by atoms with van der Waals surface area (Å²) in [6.07, 6.45) is 0. The first-order valence-corrected chi connectivity index (χ1v) is 9.60. The minimum atomic E-state index is 0.545. The first-order chi connectivity index (χ1) is 13.3. The number of rotatable bonds is 6. The van der Waals surface area contributed by atoms with Crippen LogP contribution in [-0.4, -0.2) is 27.2 Å². The number of nitrogens with zero attached hydrogens (tertiary/aromatic N) is 3. The number of nitrogens with one attached hydrogen (secondary N) is 2. The van der Waals surface area contributed by atoms with Gasteiger partial charge >= 0.3 is 0 Å². The fourth-order valence-electron chi connectivity index (χ4n) is 2.77. The summed E-state index contributed by atoms with van der Waals surface area (Å²) in [5, 5.41) is 13.5. The summed E-state index contributed by atoms with van der Waals surface area (Å²) in [4.78, 5) is 12.5. The number of aromatic nitrogens is 3. The SMILES string of the molecule is N#Cc1ccc(-c2ccccc2)nc1NCCSc1nc2ccccc2[nH]1. The highest BCUT2D eigenvalue weighted by Crippen LogP contribution is 2.22. The molecule has 0 saturated carbocycles. The number of imidazole rings is 1. The van der Waals surface area contributed by atoms with Crippen molar-refractivity contribution in [2.75, 3.05) is 17.6 Å². The molecule has 2 heterocycles. The van der Waals surface area contributed by atoms with E-state index in [2.05, 4.69) is 26.3 Å². The third-order valence-corrected chi connectivity index (χ3v) is 4.96.